The van der Waals surface area contributed by atoms with Crippen LogP contribution in [-0.2, 0) is 19.1 Å². The average molecular weight is 569 g/mol. The van der Waals surface area contributed by atoms with Crippen LogP contribution in [0.1, 0.15) is 39.5 Å². The number of anilines is 1. The Balaban J connectivity index is 0.00000420. The largest absolute Gasteiger partial charge is 0.385 e. The fourth-order valence-electron chi connectivity index (χ4n) is 5.47. The predicted molar refractivity (Wildman–Crippen MR) is 149 cm³/mol. The Bertz CT molecular complexity index is 1010. The van der Waals surface area contributed by atoms with Crippen molar-refractivity contribution in [2.45, 2.75) is 51.6 Å². The fraction of sp³-hybridized carbons (Fsp3) is 0.630. The van der Waals surface area contributed by atoms with Crippen molar-refractivity contribution >= 4 is 29.9 Å². The maximum absolute atomic E-state index is 14.7. The summed E-state index contributed by atoms with van der Waals surface area (Å²) in [6.45, 7) is 8.12. The lowest BCUT2D eigenvalue weighted by molar-refractivity contribution is -0.143. The van der Waals surface area contributed by atoms with Crippen LogP contribution in [0.3, 0.4) is 0 Å². The second-order valence-corrected chi connectivity index (χ2v) is 10.3. The standard InChI is InChI=1S/C27H41FN6O4.ClH/c1-19(2)33(21-16-20(17-29-18-21)26(35)32-11-14-38-15-12-32)27(36)25-24(10-6-7-13-37-3)34(31-30-25)23-9-5-4-8-22(23)28;/h4-5,8-9,19-21,29-31H,6-7,10-18H2,1-3H3;1H/t20-,21+;/m1./s1. The molecule has 2 saturated heterocycles. The van der Waals surface area contributed by atoms with Crippen molar-refractivity contribution in [2.75, 3.05) is 58.1 Å². The molecule has 10 nitrogen and oxygen atoms in total. The molecule has 0 spiro atoms. The van der Waals surface area contributed by atoms with Crippen LogP contribution in [-0.4, -0.2) is 86.8 Å². The number of morpholine rings is 1. The van der Waals surface area contributed by atoms with Crippen LogP contribution in [0, 0.1) is 11.7 Å². The van der Waals surface area contributed by atoms with Gasteiger partial charge in [0.25, 0.3) is 5.91 Å². The van der Waals surface area contributed by atoms with E-state index in [1.807, 2.05) is 23.6 Å². The molecule has 3 aliphatic heterocycles. The van der Waals surface area contributed by atoms with Gasteiger partial charge < -0.3 is 24.6 Å². The average Bonchev–Trinajstić information content (AvgIpc) is 3.35. The molecular weight excluding hydrogens is 527 g/mol. The summed E-state index contributed by atoms with van der Waals surface area (Å²) in [5, 5.41) is 5.01. The highest BCUT2D eigenvalue weighted by Gasteiger charge is 2.39. The zero-order valence-electron chi connectivity index (χ0n) is 23.1. The fourth-order valence-corrected chi connectivity index (χ4v) is 5.47. The third-order valence-corrected chi connectivity index (χ3v) is 7.35. The van der Waals surface area contributed by atoms with Crippen molar-refractivity contribution in [1.29, 1.82) is 0 Å². The van der Waals surface area contributed by atoms with Crippen molar-refractivity contribution in [3.63, 3.8) is 0 Å². The molecular formula is C27H42ClFN6O4. The maximum atomic E-state index is 14.7. The number of methoxy groups -OCH3 is 1. The molecule has 3 heterocycles. The number of halogens is 2. The Kier molecular flexibility index (Phi) is 11.8. The first-order valence-corrected chi connectivity index (χ1v) is 13.6. The number of allylic oxidation sites excluding steroid dienone is 1. The Morgan fingerprint density at radius 1 is 1.18 bits per heavy atom. The van der Waals surface area contributed by atoms with Gasteiger partial charge in [-0.3, -0.25) is 20.0 Å². The SMILES string of the molecule is COCCCCC1=C(C(=O)N(C(C)C)[C@@H]2CNC[C@H](C(=O)N3CCOCC3)C2)NNN1c1ccccc1F.Cl. The van der Waals surface area contributed by atoms with Crippen molar-refractivity contribution in [1.82, 2.24) is 26.1 Å². The van der Waals surface area contributed by atoms with E-state index in [0.717, 1.165) is 12.8 Å². The number of nitrogens with one attached hydrogen (secondary N) is 3. The second kappa shape index (κ2) is 14.8. The molecule has 0 unspecified atom stereocenters. The number of rotatable bonds is 10. The van der Waals surface area contributed by atoms with Gasteiger partial charge in [-0.05, 0) is 51.7 Å². The molecule has 218 valence electrons. The lowest BCUT2D eigenvalue weighted by Crippen LogP contribution is -2.57. The van der Waals surface area contributed by atoms with E-state index in [-0.39, 0.29) is 48.0 Å². The zero-order chi connectivity index (χ0) is 27.1. The number of ether oxygens (including phenoxy) is 2. The van der Waals surface area contributed by atoms with Crippen LogP contribution < -0.4 is 21.3 Å². The summed E-state index contributed by atoms with van der Waals surface area (Å²) >= 11 is 0. The number of amides is 2. The Morgan fingerprint density at radius 2 is 1.92 bits per heavy atom. The summed E-state index contributed by atoms with van der Waals surface area (Å²) in [7, 11) is 1.66. The molecule has 4 rings (SSSR count). The first kappa shape index (κ1) is 31.1. The molecule has 0 aromatic heterocycles. The first-order valence-electron chi connectivity index (χ1n) is 13.6. The molecule has 2 atom stereocenters. The molecule has 3 aliphatic rings. The van der Waals surface area contributed by atoms with Crippen molar-refractivity contribution in [3.8, 4) is 0 Å². The molecule has 3 N–H and O–H groups in total. The molecule has 2 fully saturated rings. The Hall–Kier alpha value is -2.44. The van der Waals surface area contributed by atoms with E-state index in [2.05, 4.69) is 16.3 Å². The van der Waals surface area contributed by atoms with Crippen LogP contribution in [0.2, 0.25) is 0 Å². The molecule has 0 radical (unpaired) electrons. The van der Waals surface area contributed by atoms with Crippen molar-refractivity contribution < 1.29 is 23.5 Å². The van der Waals surface area contributed by atoms with Gasteiger partial charge in [0.15, 0.2) is 0 Å². The highest BCUT2D eigenvalue weighted by atomic mass is 35.5. The van der Waals surface area contributed by atoms with Crippen molar-refractivity contribution in [3.05, 3.63) is 41.5 Å². The summed E-state index contributed by atoms with van der Waals surface area (Å²) in [5.41, 5.74) is 7.48. The lowest BCUT2D eigenvalue weighted by Gasteiger charge is -2.41. The number of carbonyl (C=O) groups excluding carboxylic acids is 2. The maximum Gasteiger partial charge on any atom is 0.273 e. The van der Waals surface area contributed by atoms with Gasteiger partial charge in [-0.2, -0.15) is 0 Å². The van der Waals surface area contributed by atoms with Crippen LogP contribution in [0.5, 0.6) is 0 Å². The summed E-state index contributed by atoms with van der Waals surface area (Å²) in [5.74, 6) is -0.634. The van der Waals surface area contributed by atoms with Gasteiger partial charge in [0.2, 0.25) is 5.91 Å². The van der Waals surface area contributed by atoms with Crippen LogP contribution >= 0.6 is 12.4 Å². The normalized spacial score (nSPS) is 21.6. The van der Waals surface area contributed by atoms with E-state index in [0.29, 0.717) is 75.9 Å². The molecule has 12 heteroatoms. The molecule has 0 saturated carbocycles. The Labute approximate surface area is 236 Å². The Morgan fingerprint density at radius 3 is 2.62 bits per heavy atom. The first-order chi connectivity index (χ1) is 18.4. The minimum absolute atomic E-state index is 0. The highest BCUT2D eigenvalue weighted by Crippen LogP contribution is 2.30. The number of hydrogen-bond acceptors (Lipinski definition) is 8. The van der Waals surface area contributed by atoms with Gasteiger partial charge in [0, 0.05) is 52.0 Å². The van der Waals surface area contributed by atoms with Gasteiger partial charge in [-0.25, -0.2) is 4.39 Å². The van der Waals surface area contributed by atoms with E-state index in [9.17, 15) is 14.0 Å². The van der Waals surface area contributed by atoms with E-state index in [1.54, 1.807) is 30.3 Å². The predicted octanol–water partition coefficient (Wildman–Crippen LogP) is 2.18. The summed E-state index contributed by atoms with van der Waals surface area (Å²) < 4.78 is 25.3. The number of hydrazine groups is 2. The van der Waals surface area contributed by atoms with Gasteiger partial charge in [-0.15, -0.1) is 17.9 Å². The second-order valence-electron chi connectivity index (χ2n) is 10.3. The minimum Gasteiger partial charge on any atom is -0.385 e. The van der Waals surface area contributed by atoms with Crippen molar-refractivity contribution in [2.24, 2.45) is 5.92 Å². The molecule has 0 bridgehead atoms. The van der Waals surface area contributed by atoms with E-state index < -0.39 is 0 Å². The summed E-state index contributed by atoms with van der Waals surface area (Å²) in [4.78, 5) is 31.0. The monoisotopic (exact) mass is 568 g/mol. The molecule has 39 heavy (non-hydrogen) atoms. The molecule has 1 aromatic rings. The van der Waals surface area contributed by atoms with Crippen LogP contribution in [0.25, 0.3) is 0 Å². The van der Waals surface area contributed by atoms with E-state index in [1.165, 1.54) is 6.07 Å². The van der Waals surface area contributed by atoms with Gasteiger partial charge in [-0.1, -0.05) is 12.1 Å². The topological polar surface area (TPSA) is 98.4 Å². The smallest absolute Gasteiger partial charge is 0.273 e. The third-order valence-electron chi connectivity index (χ3n) is 7.35. The summed E-state index contributed by atoms with van der Waals surface area (Å²) in [6, 6.07) is 6.23. The summed E-state index contributed by atoms with van der Waals surface area (Å²) in [6.07, 6.45) is 2.75. The number of unbranched alkanes of at least 4 members (excludes halogenated alkanes) is 1. The quantitative estimate of drug-likeness (QED) is 0.370. The minimum atomic E-state index is -0.383. The lowest BCUT2D eigenvalue weighted by atomic mass is 9.92. The van der Waals surface area contributed by atoms with Gasteiger partial charge in [0.05, 0.1) is 30.5 Å². The van der Waals surface area contributed by atoms with E-state index >= 15 is 0 Å². The highest BCUT2D eigenvalue weighted by molar-refractivity contribution is 5.95. The number of benzene rings is 1. The van der Waals surface area contributed by atoms with Crippen LogP contribution in [0.4, 0.5) is 10.1 Å². The number of hydrogen-bond donors (Lipinski definition) is 3. The van der Waals surface area contributed by atoms with E-state index in [4.69, 9.17) is 9.47 Å². The van der Waals surface area contributed by atoms with Gasteiger partial charge in [0.1, 0.15) is 11.5 Å². The molecule has 2 amide bonds. The molecule has 1 aromatic carbocycles. The number of carbonyl (C=O) groups is 2. The molecule has 0 aliphatic carbocycles. The van der Waals surface area contributed by atoms with Crippen LogP contribution in [0.15, 0.2) is 35.7 Å². The number of piperidine rings is 1. The van der Waals surface area contributed by atoms with Gasteiger partial charge >= 0.3 is 0 Å². The number of para-hydroxylation sites is 1. The zero-order valence-corrected chi connectivity index (χ0v) is 23.9. The number of nitrogens with zero attached hydrogens (tertiary/aromatic N) is 3. The third kappa shape index (κ3) is 7.40.